The summed E-state index contributed by atoms with van der Waals surface area (Å²) in [7, 11) is 0. The Morgan fingerprint density at radius 1 is 1.25 bits per heavy atom. The van der Waals surface area contributed by atoms with E-state index in [-0.39, 0.29) is 0 Å². The lowest BCUT2D eigenvalue weighted by molar-refractivity contribution is 0.623. The summed E-state index contributed by atoms with van der Waals surface area (Å²) >= 11 is 10.0. The monoisotopic (exact) mass is 326 g/mol. The quantitative estimate of drug-likeness (QED) is 0.705. The largest absolute Gasteiger partial charge is 0.221 e. The van der Waals surface area contributed by atoms with Crippen molar-refractivity contribution in [3.05, 3.63) is 21.4 Å². The number of nitrogens with zero attached hydrogens (tertiary/aromatic N) is 2. The van der Waals surface area contributed by atoms with Crippen LogP contribution in [-0.2, 0) is 5.75 Å². The third-order valence-corrected chi connectivity index (χ3v) is 6.63. The molecule has 1 aliphatic carbocycles. The van der Waals surface area contributed by atoms with Crippen LogP contribution >= 0.6 is 34.7 Å². The first kappa shape index (κ1) is 14.6. The SMILES string of the molecule is Cc1sc2nc(CSCC3CCCC3)nc(Cl)c2c1C. The average Bonchev–Trinajstić information content (AvgIpc) is 2.99. The summed E-state index contributed by atoms with van der Waals surface area (Å²) in [6, 6.07) is 0. The third-order valence-electron chi connectivity index (χ3n) is 4.09. The van der Waals surface area contributed by atoms with Gasteiger partial charge in [0.1, 0.15) is 15.8 Å². The van der Waals surface area contributed by atoms with E-state index in [1.165, 1.54) is 41.9 Å². The van der Waals surface area contributed by atoms with Crippen molar-refractivity contribution in [3.8, 4) is 0 Å². The number of halogens is 1. The van der Waals surface area contributed by atoms with Gasteiger partial charge in [0, 0.05) is 4.88 Å². The highest BCUT2D eigenvalue weighted by Gasteiger charge is 2.16. The maximum atomic E-state index is 6.33. The van der Waals surface area contributed by atoms with Crippen molar-refractivity contribution in [1.82, 2.24) is 9.97 Å². The maximum Gasteiger partial charge on any atom is 0.141 e. The second-order valence-corrected chi connectivity index (χ2v) is 8.15. The normalized spacial score (nSPS) is 16.4. The summed E-state index contributed by atoms with van der Waals surface area (Å²) in [6.07, 6.45) is 5.62. The zero-order valence-electron chi connectivity index (χ0n) is 11.9. The molecule has 1 fully saturated rings. The highest BCUT2D eigenvalue weighted by atomic mass is 35.5. The van der Waals surface area contributed by atoms with Crippen LogP contribution in [0.15, 0.2) is 0 Å². The first-order valence-electron chi connectivity index (χ1n) is 7.15. The van der Waals surface area contributed by atoms with Crippen LogP contribution in [0.5, 0.6) is 0 Å². The lowest BCUT2D eigenvalue weighted by Crippen LogP contribution is -1.99. The van der Waals surface area contributed by atoms with E-state index < -0.39 is 0 Å². The molecule has 3 rings (SSSR count). The zero-order chi connectivity index (χ0) is 14.1. The molecule has 0 unspecified atom stereocenters. The molecule has 1 saturated carbocycles. The molecule has 2 aromatic heterocycles. The van der Waals surface area contributed by atoms with Crippen molar-refractivity contribution >= 4 is 44.9 Å². The number of hydrogen-bond donors (Lipinski definition) is 0. The van der Waals surface area contributed by atoms with Crippen LogP contribution in [0.2, 0.25) is 5.15 Å². The summed E-state index contributed by atoms with van der Waals surface area (Å²) in [5.41, 5.74) is 1.22. The Morgan fingerprint density at radius 3 is 2.75 bits per heavy atom. The molecule has 0 saturated heterocycles. The Morgan fingerprint density at radius 2 is 2.00 bits per heavy atom. The smallest absolute Gasteiger partial charge is 0.141 e. The van der Waals surface area contributed by atoms with Crippen molar-refractivity contribution in [2.45, 2.75) is 45.3 Å². The van der Waals surface area contributed by atoms with E-state index in [9.17, 15) is 0 Å². The zero-order valence-corrected chi connectivity index (χ0v) is 14.3. The Balaban J connectivity index is 1.72. The summed E-state index contributed by atoms with van der Waals surface area (Å²) in [5, 5.41) is 1.66. The molecule has 0 bridgehead atoms. The number of aromatic nitrogens is 2. The maximum absolute atomic E-state index is 6.33. The molecule has 0 aliphatic heterocycles. The van der Waals surface area contributed by atoms with Crippen LogP contribution in [0.4, 0.5) is 0 Å². The van der Waals surface area contributed by atoms with Gasteiger partial charge in [0.05, 0.1) is 11.1 Å². The van der Waals surface area contributed by atoms with Crippen molar-refractivity contribution in [2.24, 2.45) is 5.92 Å². The van der Waals surface area contributed by atoms with E-state index in [0.29, 0.717) is 5.15 Å². The molecule has 0 aromatic carbocycles. The number of fused-ring (bicyclic) bond motifs is 1. The molecular formula is C15H19ClN2S2. The van der Waals surface area contributed by atoms with Crippen LogP contribution < -0.4 is 0 Å². The second-order valence-electron chi connectivity index (χ2n) is 5.56. The molecule has 2 nitrogen and oxygen atoms in total. The van der Waals surface area contributed by atoms with Gasteiger partial charge in [-0.3, -0.25) is 0 Å². The van der Waals surface area contributed by atoms with Crippen LogP contribution in [0.3, 0.4) is 0 Å². The van der Waals surface area contributed by atoms with Gasteiger partial charge < -0.3 is 0 Å². The predicted octanol–water partition coefficient (Wildman–Crippen LogP) is 5.38. The molecule has 1 aliphatic rings. The lowest BCUT2D eigenvalue weighted by atomic mass is 10.1. The Kier molecular flexibility index (Phi) is 4.53. The molecule has 2 aromatic rings. The van der Waals surface area contributed by atoms with Crippen molar-refractivity contribution in [1.29, 1.82) is 0 Å². The van der Waals surface area contributed by atoms with Gasteiger partial charge in [0.15, 0.2) is 0 Å². The fraction of sp³-hybridized carbons (Fsp3) is 0.600. The van der Waals surface area contributed by atoms with Gasteiger partial charge in [-0.1, -0.05) is 24.4 Å². The minimum absolute atomic E-state index is 0.619. The van der Waals surface area contributed by atoms with Crippen LogP contribution in [-0.4, -0.2) is 15.7 Å². The average molecular weight is 327 g/mol. The summed E-state index contributed by atoms with van der Waals surface area (Å²) in [5.74, 6) is 3.90. The molecule has 5 heteroatoms. The molecular weight excluding hydrogens is 308 g/mol. The highest BCUT2D eigenvalue weighted by Crippen LogP contribution is 2.34. The Hall–Kier alpha value is -0.320. The van der Waals surface area contributed by atoms with Gasteiger partial charge in [0.2, 0.25) is 0 Å². The van der Waals surface area contributed by atoms with E-state index in [2.05, 4.69) is 23.8 Å². The molecule has 20 heavy (non-hydrogen) atoms. The van der Waals surface area contributed by atoms with Crippen LogP contribution in [0.1, 0.15) is 41.9 Å². The van der Waals surface area contributed by atoms with E-state index in [4.69, 9.17) is 11.6 Å². The van der Waals surface area contributed by atoms with Crippen LogP contribution in [0, 0.1) is 19.8 Å². The summed E-state index contributed by atoms with van der Waals surface area (Å²) < 4.78 is 0. The molecule has 108 valence electrons. The summed E-state index contributed by atoms with van der Waals surface area (Å²) in [6.45, 7) is 4.21. The van der Waals surface area contributed by atoms with Gasteiger partial charge in [-0.25, -0.2) is 9.97 Å². The van der Waals surface area contributed by atoms with Gasteiger partial charge in [0.25, 0.3) is 0 Å². The topological polar surface area (TPSA) is 25.8 Å². The number of aryl methyl sites for hydroxylation is 2. The molecule has 0 spiro atoms. The number of rotatable bonds is 4. The van der Waals surface area contributed by atoms with Gasteiger partial charge in [-0.15, -0.1) is 11.3 Å². The fourth-order valence-electron chi connectivity index (χ4n) is 2.80. The van der Waals surface area contributed by atoms with E-state index >= 15 is 0 Å². The van der Waals surface area contributed by atoms with Crippen molar-refractivity contribution < 1.29 is 0 Å². The lowest BCUT2D eigenvalue weighted by Gasteiger charge is -2.07. The molecule has 0 amide bonds. The van der Waals surface area contributed by atoms with Crippen LogP contribution in [0.25, 0.3) is 10.2 Å². The molecule has 2 heterocycles. The number of thioether (sulfide) groups is 1. The minimum atomic E-state index is 0.619. The minimum Gasteiger partial charge on any atom is -0.221 e. The molecule has 0 N–H and O–H groups in total. The first-order chi connectivity index (χ1) is 9.65. The van der Waals surface area contributed by atoms with Gasteiger partial charge >= 0.3 is 0 Å². The molecule has 0 atom stereocenters. The van der Waals surface area contributed by atoms with E-state index in [0.717, 1.165) is 27.7 Å². The standard InChI is InChI=1S/C15H19ClN2S2/c1-9-10(2)20-15-13(9)14(16)17-12(18-15)8-19-7-11-5-3-4-6-11/h11H,3-8H2,1-2H3. The second kappa shape index (κ2) is 6.20. The number of thiophene rings is 1. The Bertz CT molecular complexity index is 618. The highest BCUT2D eigenvalue weighted by molar-refractivity contribution is 7.98. The Labute approximate surface area is 133 Å². The third kappa shape index (κ3) is 2.97. The first-order valence-corrected chi connectivity index (χ1v) is 9.50. The van der Waals surface area contributed by atoms with E-state index in [1.807, 2.05) is 11.8 Å². The predicted molar refractivity (Wildman–Crippen MR) is 90.0 cm³/mol. The van der Waals surface area contributed by atoms with Gasteiger partial charge in [-0.05, 0) is 43.9 Å². The summed E-state index contributed by atoms with van der Waals surface area (Å²) in [4.78, 5) is 11.5. The fourth-order valence-corrected chi connectivity index (χ4v) is 5.33. The number of hydrogen-bond acceptors (Lipinski definition) is 4. The van der Waals surface area contributed by atoms with Crippen molar-refractivity contribution in [2.75, 3.05) is 5.75 Å². The van der Waals surface area contributed by atoms with E-state index in [1.54, 1.807) is 11.3 Å². The van der Waals surface area contributed by atoms with Crippen molar-refractivity contribution in [3.63, 3.8) is 0 Å². The molecule has 0 radical (unpaired) electrons. The van der Waals surface area contributed by atoms with Gasteiger partial charge in [-0.2, -0.15) is 11.8 Å².